The number of nitrogens with two attached hydrogens (primary N) is 1. The zero-order chi connectivity index (χ0) is 15.9. The smallest absolute Gasteiger partial charge is 0.421 e. The van der Waals surface area contributed by atoms with E-state index in [9.17, 15) is 13.2 Å². The Morgan fingerprint density at radius 1 is 1.38 bits per heavy atom. The lowest BCUT2D eigenvalue weighted by Gasteiger charge is -2.14. The van der Waals surface area contributed by atoms with Gasteiger partial charge >= 0.3 is 16.3 Å². The average Bonchev–Trinajstić information content (AvgIpc) is 2.44. The van der Waals surface area contributed by atoms with Crippen LogP contribution in [0.25, 0.3) is 0 Å². The lowest BCUT2D eigenvalue weighted by molar-refractivity contribution is 0.177. The Bertz CT molecular complexity index is 644. The second-order valence-corrected chi connectivity index (χ2v) is 5.51. The van der Waals surface area contributed by atoms with Gasteiger partial charge in [0.15, 0.2) is 0 Å². The lowest BCUT2D eigenvalue weighted by Crippen LogP contribution is -2.41. The Kier molecular flexibility index (Phi) is 6.17. The van der Waals surface area contributed by atoms with Crippen molar-refractivity contribution in [1.29, 1.82) is 0 Å². The maximum atomic E-state index is 11.6. The van der Waals surface area contributed by atoms with Gasteiger partial charge in [-0.3, -0.25) is 0 Å². The first-order chi connectivity index (χ1) is 9.88. The summed E-state index contributed by atoms with van der Waals surface area (Å²) < 4.78 is 31.5. The summed E-state index contributed by atoms with van der Waals surface area (Å²) in [6, 6.07) is 6.48. The SMILES string of the molecule is COC(=O)NS(=O)(=O)NC(C)c1ccc(C#CCN)cc1. The maximum absolute atomic E-state index is 11.6. The molecular formula is C13H17N3O4S. The first-order valence-corrected chi connectivity index (χ1v) is 7.53. The van der Waals surface area contributed by atoms with Crippen LogP contribution in [0.2, 0.25) is 0 Å². The number of carbonyl (C=O) groups excluding carboxylic acids is 1. The highest BCUT2D eigenvalue weighted by Crippen LogP contribution is 2.13. The van der Waals surface area contributed by atoms with E-state index in [1.165, 1.54) is 0 Å². The van der Waals surface area contributed by atoms with Crippen LogP contribution in [-0.2, 0) is 14.9 Å². The number of hydrogen-bond donors (Lipinski definition) is 3. The van der Waals surface area contributed by atoms with E-state index in [1.54, 1.807) is 35.9 Å². The molecule has 0 aliphatic heterocycles. The number of benzene rings is 1. The van der Waals surface area contributed by atoms with Crippen molar-refractivity contribution >= 4 is 16.3 Å². The molecule has 0 heterocycles. The molecule has 0 saturated carbocycles. The van der Waals surface area contributed by atoms with E-state index in [-0.39, 0.29) is 6.54 Å². The zero-order valence-electron chi connectivity index (χ0n) is 11.7. The highest BCUT2D eigenvalue weighted by molar-refractivity contribution is 7.88. The monoisotopic (exact) mass is 311 g/mol. The van der Waals surface area contributed by atoms with Crippen molar-refractivity contribution in [3.05, 3.63) is 35.4 Å². The summed E-state index contributed by atoms with van der Waals surface area (Å²) >= 11 is 0. The fourth-order valence-corrected chi connectivity index (χ4v) is 2.45. The van der Waals surface area contributed by atoms with Crippen LogP contribution in [0, 0.1) is 11.8 Å². The molecule has 1 atom stereocenters. The largest absolute Gasteiger partial charge is 0.452 e. The third-order valence-electron chi connectivity index (χ3n) is 2.48. The van der Waals surface area contributed by atoms with E-state index in [0.29, 0.717) is 0 Å². The fraction of sp³-hybridized carbons (Fsp3) is 0.308. The van der Waals surface area contributed by atoms with E-state index < -0.39 is 22.3 Å². The lowest BCUT2D eigenvalue weighted by atomic mass is 10.1. The molecule has 7 nitrogen and oxygen atoms in total. The van der Waals surface area contributed by atoms with Crippen LogP contribution < -0.4 is 15.2 Å². The zero-order valence-corrected chi connectivity index (χ0v) is 12.5. The maximum Gasteiger partial charge on any atom is 0.421 e. The minimum absolute atomic E-state index is 0.275. The molecular weight excluding hydrogens is 294 g/mol. The first-order valence-electron chi connectivity index (χ1n) is 6.05. The van der Waals surface area contributed by atoms with Gasteiger partial charge in [0.05, 0.1) is 13.7 Å². The summed E-state index contributed by atoms with van der Waals surface area (Å²) in [5, 5.41) is 0. The molecule has 0 saturated heterocycles. The third kappa shape index (κ3) is 5.83. The van der Waals surface area contributed by atoms with Gasteiger partial charge in [-0.2, -0.15) is 13.1 Å². The first kappa shape index (κ1) is 17.0. The van der Waals surface area contributed by atoms with E-state index in [0.717, 1.165) is 18.2 Å². The fourth-order valence-electron chi connectivity index (χ4n) is 1.49. The predicted molar refractivity (Wildman–Crippen MR) is 78.4 cm³/mol. The molecule has 114 valence electrons. The molecule has 1 aromatic carbocycles. The number of rotatable bonds is 4. The normalized spacial score (nSPS) is 12.0. The number of hydrogen-bond acceptors (Lipinski definition) is 5. The van der Waals surface area contributed by atoms with Crippen molar-refractivity contribution in [3.63, 3.8) is 0 Å². The van der Waals surface area contributed by atoms with Crippen LogP contribution in [0.4, 0.5) is 4.79 Å². The number of carbonyl (C=O) groups is 1. The van der Waals surface area contributed by atoms with Crippen molar-refractivity contribution in [3.8, 4) is 11.8 Å². The quantitative estimate of drug-likeness (QED) is 0.690. The Morgan fingerprint density at radius 2 is 2.00 bits per heavy atom. The van der Waals surface area contributed by atoms with Crippen LogP contribution in [0.15, 0.2) is 24.3 Å². The van der Waals surface area contributed by atoms with Crippen molar-refractivity contribution < 1.29 is 17.9 Å². The van der Waals surface area contributed by atoms with Gasteiger partial charge in [-0.1, -0.05) is 24.0 Å². The van der Waals surface area contributed by atoms with Crippen molar-refractivity contribution in [2.24, 2.45) is 5.73 Å². The number of amides is 1. The molecule has 4 N–H and O–H groups in total. The van der Waals surface area contributed by atoms with E-state index in [1.807, 2.05) is 0 Å². The van der Waals surface area contributed by atoms with Crippen LogP contribution in [0.5, 0.6) is 0 Å². The Hall–Kier alpha value is -2.08. The van der Waals surface area contributed by atoms with Gasteiger partial charge < -0.3 is 10.5 Å². The van der Waals surface area contributed by atoms with E-state index in [2.05, 4.69) is 21.3 Å². The summed E-state index contributed by atoms with van der Waals surface area (Å²) in [6.45, 7) is 1.92. The van der Waals surface area contributed by atoms with Gasteiger partial charge in [-0.15, -0.1) is 0 Å². The van der Waals surface area contributed by atoms with Crippen LogP contribution >= 0.6 is 0 Å². The van der Waals surface area contributed by atoms with Crippen LogP contribution in [0.3, 0.4) is 0 Å². The Balaban J connectivity index is 2.75. The standard InChI is InChI=1S/C13H17N3O4S/c1-10(15-21(18,19)16-13(17)20-2)12-7-5-11(6-8-12)4-3-9-14/h5-8,10,15H,9,14H2,1-2H3,(H,16,17). The summed E-state index contributed by atoms with van der Waals surface area (Å²) in [5.74, 6) is 5.59. The summed E-state index contributed by atoms with van der Waals surface area (Å²) in [5.41, 5.74) is 6.79. The number of ether oxygens (including phenoxy) is 1. The van der Waals surface area contributed by atoms with Crippen LogP contribution in [0.1, 0.15) is 24.1 Å². The molecule has 1 rings (SSSR count). The van der Waals surface area contributed by atoms with E-state index in [4.69, 9.17) is 5.73 Å². The van der Waals surface area contributed by atoms with Gasteiger partial charge in [0.25, 0.3) is 0 Å². The summed E-state index contributed by atoms with van der Waals surface area (Å²) in [4.78, 5) is 10.9. The summed E-state index contributed by atoms with van der Waals surface area (Å²) in [7, 11) is -2.90. The van der Waals surface area contributed by atoms with Crippen LogP contribution in [-0.4, -0.2) is 28.2 Å². The molecule has 0 bridgehead atoms. The van der Waals surface area contributed by atoms with Gasteiger partial charge in [0.1, 0.15) is 0 Å². The molecule has 21 heavy (non-hydrogen) atoms. The molecule has 0 aliphatic carbocycles. The van der Waals surface area contributed by atoms with Gasteiger partial charge in [-0.05, 0) is 24.6 Å². The molecule has 1 amide bonds. The third-order valence-corrected chi connectivity index (χ3v) is 3.58. The van der Waals surface area contributed by atoms with Gasteiger partial charge in [-0.25, -0.2) is 9.52 Å². The second kappa shape index (κ2) is 7.64. The topological polar surface area (TPSA) is 111 Å². The van der Waals surface area contributed by atoms with Crippen molar-refractivity contribution in [2.45, 2.75) is 13.0 Å². The average molecular weight is 311 g/mol. The van der Waals surface area contributed by atoms with Crippen molar-refractivity contribution in [2.75, 3.05) is 13.7 Å². The summed E-state index contributed by atoms with van der Waals surface area (Å²) in [6.07, 6.45) is -1.05. The predicted octanol–water partition coefficient (Wildman–Crippen LogP) is 0.248. The Morgan fingerprint density at radius 3 is 2.52 bits per heavy atom. The number of nitrogens with one attached hydrogen (secondary N) is 2. The highest BCUT2D eigenvalue weighted by atomic mass is 32.2. The highest BCUT2D eigenvalue weighted by Gasteiger charge is 2.18. The Labute approximate surface area is 124 Å². The van der Waals surface area contributed by atoms with Gasteiger partial charge in [0, 0.05) is 11.6 Å². The molecule has 0 aromatic heterocycles. The van der Waals surface area contributed by atoms with Crippen molar-refractivity contribution in [1.82, 2.24) is 9.44 Å². The molecule has 0 radical (unpaired) electrons. The molecule has 0 fully saturated rings. The molecule has 1 aromatic rings. The minimum atomic E-state index is -3.98. The molecule has 0 aliphatic rings. The molecule has 8 heteroatoms. The van der Waals surface area contributed by atoms with Gasteiger partial charge in [0.2, 0.25) is 0 Å². The van der Waals surface area contributed by atoms with E-state index >= 15 is 0 Å². The molecule has 1 unspecified atom stereocenters. The number of methoxy groups -OCH3 is 1. The minimum Gasteiger partial charge on any atom is -0.452 e. The second-order valence-electron chi connectivity index (χ2n) is 4.06. The molecule has 0 spiro atoms.